The van der Waals surface area contributed by atoms with Gasteiger partial charge in [0, 0.05) is 23.6 Å². The third kappa shape index (κ3) is 5.26. The molecule has 0 aliphatic rings. The third-order valence-electron chi connectivity index (χ3n) is 5.71. The molecule has 0 aromatic heterocycles. The van der Waals surface area contributed by atoms with E-state index in [-0.39, 0.29) is 5.92 Å². The fraction of sp³-hybridized carbons (Fsp3) is 0.462. The number of benzene rings is 2. The predicted octanol–water partition coefficient (Wildman–Crippen LogP) is 6.32. The summed E-state index contributed by atoms with van der Waals surface area (Å²) in [6.07, 6.45) is 4.68. The van der Waals surface area contributed by atoms with Crippen molar-refractivity contribution in [1.82, 2.24) is 4.90 Å². The summed E-state index contributed by atoms with van der Waals surface area (Å²) < 4.78 is 0. The second-order valence-corrected chi connectivity index (χ2v) is 8.16. The maximum absolute atomic E-state index is 10.9. The predicted molar refractivity (Wildman–Crippen MR) is 121 cm³/mol. The Hall–Kier alpha value is -2.06. The van der Waals surface area contributed by atoms with Crippen LogP contribution in [0, 0.1) is 0 Å². The van der Waals surface area contributed by atoms with Gasteiger partial charge >= 0.3 is 0 Å². The van der Waals surface area contributed by atoms with Gasteiger partial charge in [0.2, 0.25) is 0 Å². The smallest absolute Gasteiger partial charge is 0.119 e. The Morgan fingerprint density at radius 3 is 2.18 bits per heavy atom. The minimum atomic E-state index is 0.169. The lowest BCUT2D eigenvalue weighted by atomic mass is 9.82. The zero-order valence-corrected chi connectivity index (χ0v) is 18.3. The molecule has 2 aromatic rings. The van der Waals surface area contributed by atoms with Crippen molar-refractivity contribution in [3.63, 3.8) is 0 Å². The Morgan fingerprint density at radius 1 is 1.00 bits per heavy atom. The zero-order chi connectivity index (χ0) is 20.7. The molecule has 0 radical (unpaired) electrons. The summed E-state index contributed by atoms with van der Waals surface area (Å²) in [4.78, 5) is 2.53. The van der Waals surface area contributed by atoms with Crippen LogP contribution >= 0.6 is 0 Å². The minimum absolute atomic E-state index is 0.169. The SMILES string of the molecule is C=CCc1c(CC)ccc(O)c1[C@H](CCN(C(C)C)C(C)C)c1ccccc1. The summed E-state index contributed by atoms with van der Waals surface area (Å²) in [7, 11) is 0. The molecular formula is C26H37NO. The van der Waals surface area contributed by atoms with Gasteiger partial charge in [0.1, 0.15) is 5.75 Å². The fourth-order valence-corrected chi connectivity index (χ4v) is 4.36. The van der Waals surface area contributed by atoms with Crippen LogP contribution in [0.25, 0.3) is 0 Å². The summed E-state index contributed by atoms with van der Waals surface area (Å²) in [5, 5.41) is 10.9. The number of phenolic OH excluding ortho intramolecular Hbond substituents is 1. The molecule has 0 bridgehead atoms. The third-order valence-corrected chi connectivity index (χ3v) is 5.71. The number of phenols is 1. The van der Waals surface area contributed by atoms with Crippen molar-refractivity contribution < 1.29 is 5.11 Å². The van der Waals surface area contributed by atoms with E-state index < -0.39 is 0 Å². The van der Waals surface area contributed by atoms with E-state index in [1.165, 1.54) is 16.7 Å². The van der Waals surface area contributed by atoms with Crippen LogP contribution in [-0.4, -0.2) is 28.6 Å². The molecule has 0 saturated heterocycles. The van der Waals surface area contributed by atoms with E-state index in [9.17, 15) is 5.11 Å². The minimum Gasteiger partial charge on any atom is -0.508 e. The van der Waals surface area contributed by atoms with Gasteiger partial charge in [-0.15, -0.1) is 6.58 Å². The van der Waals surface area contributed by atoms with Crippen molar-refractivity contribution in [2.45, 2.75) is 71.9 Å². The quantitative estimate of drug-likeness (QED) is 0.488. The molecule has 0 spiro atoms. The van der Waals surface area contributed by atoms with Gasteiger partial charge in [-0.25, -0.2) is 0 Å². The maximum atomic E-state index is 10.9. The molecule has 152 valence electrons. The summed E-state index contributed by atoms with van der Waals surface area (Å²) in [5.41, 5.74) is 4.90. The van der Waals surface area contributed by atoms with Crippen LogP contribution in [-0.2, 0) is 12.8 Å². The second kappa shape index (κ2) is 10.5. The van der Waals surface area contributed by atoms with E-state index in [1.54, 1.807) is 0 Å². The van der Waals surface area contributed by atoms with Gasteiger partial charge < -0.3 is 5.11 Å². The van der Waals surface area contributed by atoms with Gasteiger partial charge in [-0.1, -0.05) is 49.4 Å². The lowest BCUT2D eigenvalue weighted by Gasteiger charge is -2.33. The van der Waals surface area contributed by atoms with Crippen LogP contribution in [0.15, 0.2) is 55.1 Å². The second-order valence-electron chi connectivity index (χ2n) is 8.16. The van der Waals surface area contributed by atoms with Crippen LogP contribution in [0.4, 0.5) is 0 Å². The van der Waals surface area contributed by atoms with Gasteiger partial charge in [-0.2, -0.15) is 0 Å². The van der Waals surface area contributed by atoms with E-state index in [0.29, 0.717) is 17.8 Å². The van der Waals surface area contributed by atoms with Gasteiger partial charge in [-0.05, 0) is 76.3 Å². The first-order valence-electron chi connectivity index (χ1n) is 10.7. The fourth-order valence-electron chi connectivity index (χ4n) is 4.36. The Kier molecular flexibility index (Phi) is 8.32. The highest BCUT2D eigenvalue weighted by atomic mass is 16.3. The van der Waals surface area contributed by atoms with Crippen LogP contribution in [0.3, 0.4) is 0 Å². The van der Waals surface area contributed by atoms with Crippen LogP contribution < -0.4 is 0 Å². The average molecular weight is 380 g/mol. The number of rotatable bonds is 10. The molecule has 0 heterocycles. The monoisotopic (exact) mass is 379 g/mol. The van der Waals surface area contributed by atoms with Crippen LogP contribution in [0.5, 0.6) is 5.75 Å². The van der Waals surface area contributed by atoms with Crippen molar-refractivity contribution in [3.8, 4) is 5.75 Å². The molecule has 0 aliphatic heterocycles. The maximum Gasteiger partial charge on any atom is 0.119 e. The van der Waals surface area contributed by atoms with E-state index >= 15 is 0 Å². The van der Waals surface area contributed by atoms with E-state index in [1.807, 2.05) is 12.1 Å². The molecule has 2 nitrogen and oxygen atoms in total. The Labute approximate surface area is 171 Å². The summed E-state index contributed by atoms with van der Waals surface area (Å²) in [6, 6.07) is 15.6. The van der Waals surface area contributed by atoms with Crippen molar-refractivity contribution in [1.29, 1.82) is 0 Å². The highest BCUT2D eigenvalue weighted by Gasteiger charge is 2.24. The summed E-state index contributed by atoms with van der Waals surface area (Å²) in [6.45, 7) is 16.2. The largest absolute Gasteiger partial charge is 0.508 e. The van der Waals surface area contributed by atoms with Crippen LogP contribution in [0.1, 0.15) is 69.2 Å². The number of hydrogen-bond acceptors (Lipinski definition) is 2. The van der Waals surface area contributed by atoms with Gasteiger partial charge in [0.25, 0.3) is 0 Å². The molecule has 2 heteroatoms. The van der Waals surface area contributed by atoms with Crippen molar-refractivity contribution in [3.05, 3.63) is 77.4 Å². The molecule has 0 unspecified atom stereocenters. The van der Waals surface area contributed by atoms with Gasteiger partial charge in [0.15, 0.2) is 0 Å². The number of hydrogen-bond donors (Lipinski definition) is 1. The molecule has 1 N–H and O–H groups in total. The molecule has 0 saturated carbocycles. The van der Waals surface area contributed by atoms with Gasteiger partial charge in [0.05, 0.1) is 0 Å². The zero-order valence-electron chi connectivity index (χ0n) is 18.3. The Bertz CT molecular complexity index is 741. The lowest BCUT2D eigenvalue weighted by molar-refractivity contribution is 0.170. The molecule has 1 atom stereocenters. The van der Waals surface area contributed by atoms with Crippen molar-refractivity contribution in [2.24, 2.45) is 0 Å². The van der Waals surface area contributed by atoms with E-state index in [4.69, 9.17) is 0 Å². The highest BCUT2D eigenvalue weighted by molar-refractivity contribution is 5.51. The highest BCUT2D eigenvalue weighted by Crippen LogP contribution is 2.39. The topological polar surface area (TPSA) is 23.5 Å². The molecule has 0 amide bonds. The first kappa shape index (κ1) is 22.2. The van der Waals surface area contributed by atoms with E-state index in [2.05, 4.69) is 82.5 Å². The van der Waals surface area contributed by atoms with Gasteiger partial charge in [-0.3, -0.25) is 4.90 Å². The van der Waals surface area contributed by atoms with Crippen molar-refractivity contribution in [2.75, 3.05) is 6.54 Å². The van der Waals surface area contributed by atoms with E-state index in [0.717, 1.165) is 31.4 Å². The first-order chi connectivity index (χ1) is 13.4. The number of aryl methyl sites for hydroxylation is 1. The standard InChI is InChI=1S/C26H37NO/c1-7-12-23-21(8-2)15-16-25(28)26(23)24(22-13-10-9-11-14-22)17-18-27(19(3)4)20(5)6/h7,9-11,13-16,19-20,24,28H,1,8,12,17-18H2,2-6H3/t24-/m1/s1. The summed E-state index contributed by atoms with van der Waals surface area (Å²) in [5.74, 6) is 0.575. The average Bonchev–Trinajstić information content (AvgIpc) is 2.67. The molecule has 2 aromatic carbocycles. The number of aromatic hydroxyl groups is 1. The normalized spacial score (nSPS) is 12.7. The Morgan fingerprint density at radius 2 is 1.64 bits per heavy atom. The van der Waals surface area contributed by atoms with Crippen molar-refractivity contribution >= 4 is 0 Å². The molecular weight excluding hydrogens is 342 g/mol. The lowest BCUT2D eigenvalue weighted by Crippen LogP contribution is -2.38. The molecule has 2 rings (SSSR count). The summed E-state index contributed by atoms with van der Waals surface area (Å²) >= 11 is 0. The first-order valence-corrected chi connectivity index (χ1v) is 10.7. The molecule has 0 fully saturated rings. The molecule has 28 heavy (non-hydrogen) atoms. The number of allylic oxidation sites excluding steroid dienone is 1. The van der Waals surface area contributed by atoms with Crippen LogP contribution in [0.2, 0.25) is 0 Å². The Balaban J connectivity index is 2.53. The number of nitrogens with zero attached hydrogens (tertiary/aromatic N) is 1. The molecule has 0 aliphatic carbocycles.